The average Bonchev–Trinajstić information content (AvgIpc) is 2.90. The maximum Gasteiger partial charge on any atom is 0.225 e. The van der Waals surface area contributed by atoms with Crippen LogP contribution in [0.5, 0.6) is 0 Å². The summed E-state index contributed by atoms with van der Waals surface area (Å²) in [7, 11) is 1.84. The molecule has 5 nitrogen and oxygen atoms in total. The molecule has 1 aromatic rings. The molecule has 2 aliphatic rings. The maximum atomic E-state index is 13.2. The third kappa shape index (κ3) is 3.28. The van der Waals surface area contributed by atoms with E-state index < -0.39 is 0 Å². The van der Waals surface area contributed by atoms with Gasteiger partial charge in [-0.1, -0.05) is 46.5 Å². The first-order chi connectivity index (χ1) is 12.7. The molecular weight excluding hydrogens is 340 g/mol. The van der Waals surface area contributed by atoms with Gasteiger partial charge in [0.1, 0.15) is 11.8 Å². The van der Waals surface area contributed by atoms with Gasteiger partial charge >= 0.3 is 0 Å². The van der Waals surface area contributed by atoms with E-state index in [1.165, 1.54) is 18.9 Å². The maximum absolute atomic E-state index is 13.2. The fourth-order valence-corrected chi connectivity index (χ4v) is 4.12. The molecule has 3 rings (SSSR count). The standard InChI is InChI=1S/C22H30N2O3/c1-7-8-9-10-11-22(4,5)15-12-16(25)18-19-17(13(2)24(6)23-19)14(3)27-21(18)20(15)26/h12,14H,7-11H2,1-6H3. The van der Waals surface area contributed by atoms with Gasteiger partial charge in [-0.3, -0.25) is 14.3 Å². The molecule has 1 atom stereocenters. The van der Waals surface area contributed by atoms with E-state index >= 15 is 0 Å². The fourth-order valence-electron chi connectivity index (χ4n) is 4.12. The number of ether oxygens (including phenoxy) is 1. The molecule has 1 aromatic heterocycles. The Morgan fingerprint density at radius 2 is 1.93 bits per heavy atom. The summed E-state index contributed by atoms with van der Waals surface area (Å²) in [5.74, 6) is -0.157. The van der Waals surface area contributed by atoms with E-state index in [0.29, 0.717) is 16.8 Å². The number of hydrogen-bond donors (Lipinski definition) is 0. The average molecular weight is 370 g/mol. The predicted molar refractivity (Wildman–Crippen MR) is 105 cm³/mol. The Bertz CT molecular complexity index is 855. The van der Waals surface area contributed by atoms with Crippen LogP contribution in [-0.4, -0.2) is 21.3 Å². The van der Waals surface area contributed by atoms with Crippen LogP contribution in [0.4, 0.5) is 0 Å². The lowest BCUT2D eigenvalue weighted by molar-refractivity contribution is -0.119. The zero-order valence-electron chi connectivity index (χ0n) is 17.3. The van der Waals surface area contributed by atoms with Crippen LogP contribution in [0.3, 0.4) is 0 Å². The fraction of sp³-hybridized carbons (Fsp3) is 0.591. The van der Waals surface area contributed by atoms with Crippen LogP contribution in [0, 0.1) is 12.3 Å². The number of nitrogens with zero attached hydrogens (tertiary/aromatic N) is 2. The van der Waals surface area contributed by atoms with Crippen molar-refractivity contribution in [1.82, 2.24) is 9.78 Å². The Morgan fingerprint density at radius 3 is 2.59 bits per heavy atom. The van der Waals surface area contributed by atoms with Crippen molar-refractivity contribution in [2.24, 2.45) is 12.5 Å². The highest BCUT2D eigenvalue weighted by atomic mass is 16.5. The van der Waals surface area contributed by atoms with Crippen LogP contribution in [0.2, 0.25) is 0 Å². The van der Waals surface area contributed by atoms with Crippen molar-refractivity contribution in [2.45, 2.75) is 72.8 Å². The van der Waals surface area contributed by atoms with Gasteiger partial charge < -0.3 is 4.74 Å². The van der Waals surface area contributed by atoms with Gasteiger partial charge in [0.15, 0.2) is 11.5 Å². The molecule has 1 aliphatic heterocycles. The van der Waals surface area contributed by atoms with Crippen molar-refractivity contribution in [3.63, 3.8) is 0 Å². The van der Waals surface area contributed by atoms with Crippen molar-refractivity contribution in [3.05, 3.63) is 34.4 Å². The minimum Gasteiger partial charge on any atom is -0.481 e. The molecule has 1 unspecified atom stereocenters. The zero-order chi connectivity index (χ0) is 19.9. The lowest BCUT2D eigenvalue weighted by atomic mass is 9.73. The third-order valence-electron chi connectivity index (χ3n) is 5.90. The van der Waals surface area contributed by atoms with E-state index in [4.69, 9.17) is 4.74 Å². The highest BCUT2D eigenvalue weighted by Gasteiger charge is 2.43. The molecule has 0 N–H and O–H groups in total. The number of unbranched alkanes of at least 4 members (excludes halogenated alkanes) is 3. The molecule has 0 aromatic carbocycles. The van der Waals surface area contributed by atoms with E-state index in [1.54, 1.807) is 4.68 Å². The Morgan fingerprint density at radius 1 is 1.22 bits per heavy atom. The number of carbonyl (C=O) groups is 2. The Labute approximate surface area is 161 Å². The minimum atomic E-state index is -0.355. The summed E-state index contributed by atoms with van der Waals surface area (Å²) in [6.45, 7) is 10.1. The summed E-state index contributed by atoms with van der Waals surface area (Å²) in [5.41, 5.74) is 2.97. The molecule has 2 heterocycles. The Balaban J connectivity index is 1.95. The smallest absolute Gasteiger partial charge is 0.225 e. The number of rotatable bonds is 6. The van der Waals surface area contributed by atoms with Gasteiger partial charge in [-0.15, -0.1) is 0 Å². The minimum absolute atomic E-state index is 0.161. The second-order valence-corrected chi connectivity index (χ2v) is 8.38. The highest BCUT2D eigenvalue weighted by molar-refractivity contribution is 6.37. The molecule has 1 aliphatic carbocycles. The largest absolute Gasteiger partial charge is 0.481 e. The number of ketones is 2. The molecule has 0 radical (unpaired) electrons. The third-order valence-corrected chi connectivity index (χ3v) is 5.90. The van der Waals surface area contributed by atoms with E-state index in [-0.39, 0.29) is 28.8 Å². The quantitative estimate of drug-likeness (QED) is 0.542. The lowest BCUT2D eigenvalue weighted by Crippen LogP contribution is -2.31. The van der Waals surface area contributed by atoms with Crippen LogP contribution >= 0.6 is 0 Å². The van der Waals surface area contributed by atoms with Crippen LogP contribution in [0.25, 0.3) is 5.57 Å². The van der Waals surface area contributed by atoms with Gasteiger partial charge in [-0.2, -0.15) is 5.10 Å². The van der Waals surface area contributed by atoms with Gasteiger partial charge in [-0.05, 0) is 31.8 Å². The molecule has 5 heteroatoms. The predicted octanol–water partition coefficient (Wildman–Crippen LogP) is 4.61. The summed E-state index contributed by atoms with van der Waals surface area (Å²) in [6.07, 6.45) is 6.67. The molecule has 0 spiro atoms. The molecule has 146 valence electrons. The second kappa shape index (κ2) is 7.10. The van der Waals surface area contributed by atoms with Crippen LogP contribution in [0.1, 0.15) is 82.9 Å². The number of aryl methyl sites for hydroxylation is 1. The summed E-state index contributed by atoms with van der Waals surface area (Å²) in [4.78, 5) is 26.2. The monoisotopic (exact) mass is 370 g/mol. The normalized spacial score (nSPS) is 19.6. The molecule has 0 amide bonds. The first-order valence-electron chi connectivity index (χ1n) is 9.95. The molecule has 0 fully saturated rings. The highest BCUT2D eigenvalue weighted by Crippen LogP contribution is 2.44. The van der Waals surface area contributed by atoms with E-state index in [9.17, 15) is 9.59 Å². The molecule has 0 saturated heterocycles. The number of aromatic nitrogens is 2. The first-order valence-corrected chi connectivity index (χ1v) is 9.95. The van der Waals surface area contributed by atoms with Crippen molar-refractivity contribution in [2.75, 3.05) is 0 Å². The summed E-state index contributed by atoms with van der Waals surface area (Å²) < 4.78 is 7.72. The summed E-state index contributed by atoms with van der Waals surface area (Å²) in [6, 6.07) is 0. The topological polar surface area (TPSA) is 61.2 Å². The zero-order valence-corrected chi connectivity index (χ0v) is 17.3. The van der Waals surface area contributed by atoms with Gasteiger partial charge in [0, 0.05) is 23.9 Å². The molecular formula is C22H30N2O3. The van der Waals surface area contributed by atoms with Crippen molar-refractivity contribution < 1.29 is 14.3 Å². The van der Waals surface area contributed by atoms with Crippen molar-refractivity contribution in [1.29, 1.82) is 0 Å². The number of Topliss-reactive ketones (excluding diaryl/α,β-unsaturated/α-hetero) is 1. The van der Waals surface area contributed by atoms with Crippen molar-refractivity contribution in [3.8, 4) is 0 Å². The molecule has 0 bridgehead atoms. The van der Waals surface area contributed by atoms with E-state index in [2.05, 4.69) is 12.0 Å². The van der Waals surface area contributed by atoms with Crippen LogP contribution in [-0.2, 0) is 21.4 Å². The van der Waals surface area contributed by atoms with Gasteiger partial charge in [0.05, 0.1) is 5.57 Å². The van der Waals surface area contributed by atoms with E-state index in [0.717, 1.165) is 30.5 Å². The van der Waals surface area contributed by atoms with Crippen LogP contribution in [0.15, 0.2) is 17.4 Å². The van der Waals surface area contributed by atoms with Gasteiger partial charge in [0.2, 0.25) is 5.78 Å². The summed E-state index contributed by atoms with van der Waals surface area (Å²) in [5, 5.41) is 4.50. The second-order valence-electron chi connectivity index (χ2n) is 8.38. The Hall–Kier alpha value is -2.17. The van der Waals surface area contributed by atoms with Gasteiger partial charge in [-0.25, -0.2) is 0 Å². The SMILES string of the molecule is CCCCCCC(C)(C)C1=CC(=O)C2=C(OC(C)c3c2nn(C)c3C)C1=O. The number of carbonyl (C=O) groups excluding carboxylic acids is 2. The molecule has 0 saturated carbocycles. The van der Waals surface area contributed by atoms with Crippen LogP contribution < -0.4 is 0 Å². The molecule has 27 heavy (non-hydrogen) atoms. The van der Waals surface area contributed by atoms with Gasteiger partial charge in [0.25, 0.3) is 0 Å². The van der Waals surface area contributed by atoms with Crippen molar-refractivity contribution >= 4 is 17.1 Å². The lowest BCUT2D eigenvalue weighted by Gasteiger charge is -2.33. The summed E-state index contributed by atoms with van der Waals surface area (Å²) >= 11 is 0. The number of allylic oxidation sites excluding steroid dienone is 3. The Kier molecular flexibility index (Phi) is 5.15. The van der Waals surface area contributed by atoms with E-state index in [1.807, 2.05) is 34.7 Å². The first kappa shape index (κ1) is 19.6. The number of fused-ring (bicyclic) bond motifs is 2. The number of hydrogen-bond acceptors (Lipinski definition) is 4.